The van der Waals surface area contributed by atoms with E-state index in [0.29, 0.717) is 5.69 Å². The molecule has 6 nitrogen and oxygen atoms in total. The van der Waals surface area contributed by atoms with Crippen molar-refractivity contribution in [1.29, 1.82) is 0 Å². The van der Waals surface area contributed by atoms with Crippen LogP contribution in [0.5, 0.6) is 5.75 Å². The first-order valence-corrected chi connectivity index (χ1v) is 5.76. The number of carboxylic acids is 1. The van der Waals surface area contributed by atoms with E-state index in [-0.39, 0.29) is 17.0 Å². The summed E-state index contributed by atoms with van der Waals surface area (Å²) in [5, 5.41) is 18.3. The van der Waals surface area contributed by atoms with Crippen LogP contribution in [0.2, 0.25) is 0 Å². The molecule has 0 aliphatic rings. The Kier molecular flexibility index (Phi) is 3.65. The Balaban J connectivity index is 2.36. The monoisotopic (exact) mass is 272 g/mol. The number of carboxylic acid groups (broad SMARTS) is 1. The summed E-state index contributed by atoms with van der Waals surface area (Å²) < 4.78 is 0. The third kappa shape index (κ3) is 2.59. The van der Waals surface area contributed by atoms with Gasteiger partial charge in [-0.15, -0.1) is 0 Å². The van der Waals surface area contributed by atoms with Gasteiger partial charge in [-0.2, -0.15) is 0 Å². The Labute approximate surface area is 114 Å². The topological polar surface area (TPSA) is 90.7 Å². The van der Waals surface area contributed by atoms with Crippen molar-refractivity contribution >= 4 is 17.6 Å². The fourth-order valence-electron chi connectivity index (χ4n) is 1.70. The summed E-state index contributed by atoms with van der Waals surface area (Å²) in [5.74, 6) is -1.66. The highest BCUT2D eigenvalue weighted by atomic mass is 16.4. The molecule has 0 atom stereocenters. The second-order valence-electron chi connectivity index (χ2n) is 4.09. The van der Waals surface area contributed by atoms with Gasteiger partial charge in [-0.3, -0.25) is 9.78 Å². The van der Waals surface area contributed by atoms with Crippen molar-refractivity contribution in [1.82, 2.24) is 4.98 Å². The van der Waals surface area contributed by atoms with Crippen LogP contribution in [-0.4, -0.2) is 34.1 Å². The molecule has 1 aromatic carbocycles. The highest BCUT2D eigenvalue weighted by Crippen LogP contribution is 2.19. The molecule has 20 heavy (non-hydrogen) atoms. The van der Waals surface area contributed by atoms with E-state index < -0.39 is 11.9 Å². The molecule has 0 saturated carbocycles. The minimum atomic E-state index is -1.21. The van der Waals surface area contributed by atoms with Crippen LogP contribution in [0.3, 0.4) is 0 Å². The van der Waals surface area contributed by atoms with Crippen LogP contribution in [0.1, 0.15) is 20.8 Å². The predicted molar refractivity (Wildman–Crippen MR) is 72.0 cm³/mol. The lowest BCUT2D eigenvalue weighted by atomic mass is 10.1. The number of hydrogen-bond acceptors (Lipinski definition) is 4. The number of benzene rings is 1. The molecule has 1 amide bonds. The average Bonchev–Trinajstić information content (AvgIpc) is 2.46. The largest absolute Gasteiger partial charge is 0.508 e. The average molecular weight is 272 g/mol. The molecular formula is C14H12N2O4. The number of phenolic OH excluding ortho intramolecular Hbond substituents is 1. The van der Waals surface area contributed by atoms with E-state index >= 15 is 0 Å². The Hall–Kier alpha value is -2.89. The number of amides is 1. The third-order valence-corrected chi connectivity index (χ3v) is 2.78. The van der Waals surface area contributed by atoms with Crippen LogP contribution < -0.4 is 4.90 Å². The molecular weight excluding hydrogens is 260 g/mol. The molecule has 0 aliphatic heterocycles. The van der Waals surface area contributed by atoms with Crippen molar-refractivity contribution in [2.24, 2.45) is 0 Å². The molecule has 1 heterocycles. The molecule has 0 radical (unpaired) electrons. The lowest BCUT2D eigenvalue weighted by molar-refractivity contribution is 0.0691. The zero-order valence-corrected chi connectivity index (χ0v) is 10.6. The van der Waals surface area contributed by atoms with E-state index in [4.69, 9.17) is 5.11 Å². The summed E-state index contributed by atoms with van der Waals surface area (Å²) in [6.07, 6.45) is 1.37. The van der Waals surface area contributed by atoms with Crippen molar-refractivity contribution in [3.8, 4) is 5.75 Å². The highest BCUT2D eigenvalue weighted by Gasteiger charge is 2.21. The number of carbonyl (C=O) groups is 2. The summed E-state index contributed by atoms with van der Waals surface area (Å²) in [6.45, 7) is 0. The van der Waals surface area contributed by atoms with Gasteiger partial charge < -0.3 is 15.1 Å². The summed E-state index contributed by atoms with van der Waals surface area (Å²) >= 11 is 0. The van der Waals surface area contributed by atoms with Gasteiger partial charge in [-0.05, 0) is 36.4 Å². The van der Waals surface area contributed by atoms with Crippen molar-refractivity contribution in [3.63, 3.8) is 0 Å². The van der Waals surface area contributed by atoms with Crippen molar-refractivity contribution in [2.45, 2.75) is 0 Å². The van der Waals surface area contributed by atoms with E-state index in [1.54, 1.807) is 12.1 Å². The molecule has 1 aromatic heterocycles. The van der Waals surface area contributed by atoms with Crippen LogP contribution in [0.4, 0.5) is 5.69 Å². The van der Waals surface area contributed by atoms with Crippen LogP contribution in [-0.2, 0) is 0 Å². The standard InChI is InChI=1S/C14H12N2O4/c1-16(9-4-6-10(17)7-5-9)13(18)12-11(14(19)20)3-2-8-15-12/h2-8,17H,1H3,(H,19,20). The zero-order valence-electron chi connectivity index (χ0n) is 10.6. The lowest BCUT2D eigenvalue weighted by Crippen LogP contribution is -2.28. The van der Waals surface area contributed by atoms with Gasteiger partial charge in [0, 0.05) is 18.9 Å². The summed E-state index contributed by atoms with van der Waals surface area (Å²) in [6, 6.07) is 8.77. The number of aromatic nitrogens is 1. The number of nitrogens with zero attached hydrogens (tertiary/aromatic N) is 2. The van der Waals surface area contributed by atoms with E-state index in [1.165, 1.54) is 42.4 Å². The van der Waals surface area contributed by atoms with E-state index in [2.05, 4.69) is 4.98 Å². The number of hydrogen-bond donors (Lipinski definition) is 2. The maximum Gasteiger partial charge on any atom is 0.338 e. The molecule has 0 bridgehead atoms. The van der Waals surface area contributed by atoms with Gasteiger partial charge in [0.25, 0.3) is 5.91 Å². The van der Waals surface area contributed by atoms with Crippen molar-refractivity contribution in [3.05, 3.63) is 53.9 Å². The first-order valence-electron chi connectivity index (χ1n) is 5.76. The number of aromatic hydroxyl groups is 1. The van der Waals surface area contributed by atoms with Gasteiger partial charge in [0.05, 0.1) is 5.56 Å². The molecule has 2 aromatic rings. The maximum atomic E-state index is 12.3. The summed E-state index contributed by atoms with van der Waals surface area (Å²) in [7, 11) is 1.51. The quantitative estimate of drug-likeness (QED) is 0.888. The third-order valence-electron chi connectivity index (χ3n) is 2.78. The number of aromatic carboxylic acids is 1. The lowest BCUT2D eigenvalue weighted by Gasteiger charge is -2.17. The highest BCUT2D eigenvalue weighted by molar-refractivity contribution is 6.10. The van der Waals surface area contributed by atoms with E-state index in [0.717, 1.165) is 0 Å². The molecule has 2 N–H and O–H groups in total. The summed E-state index contributed by atoms with van der Waals surface area (Å²) in [4.78, 5) is 28.5. The molecule has 0 fully saturated rings. The Morgan fingerprint density at radius 2 is 1.80 bits per heavy atom. The molecule has 2 rings (SSSR count). The van der Waals surface area contributed by atoms with Gasteiger partial charge in [0.1, 0.15) is 11.4 Å². The van der Waals surface area contributed by atoms with Gasteiger partial charge in [0.15, 0.2) is 0 Å². The number of carbonyl (C=O) groups excluding carboxylic acids is 1. The fourth-order valence-corrected chi connectivity index (χ4v) is 1.70. The van der Waals surface area contributed by atoms with Gasteiger partial charge in [-0.1, -0.05) is 0 Å². The van der Waals surface area contributed by atoms with Gasteiger partial charge in [-0.25, -0.2) is 4.79 Å². The molecule has 6 heteroatoms. The Morgan fingerprint density at radius 3 is 2.40 bits per heavy atom. The number of rotatable bonds is 3. The summed E-state index contributed by atoms with van der Waals surface area (Å²) in [5.41, 5.74) is 0.244. The molecule has 0 unspecified atom stereocenters. The van der Waals surface area contributed by atoms with Crippen molar-refractivity contribution < 1.29 is 19.8 Å². The molecule has 0 aliphatic carbocycles. The Morgan fingerprint density at radius 1 is 1.15 bits per heavy atom. The molecule has 102 valence electrons. The van der Waals surface area contributed by atoms with Crippen molar-refractivity contribution in [2.75, 3.05) is 11.9 Å². The maximum absolute atomic E-state index is 12.3. The number of phenols is 1. The van der Waals surface area contributed by atoms with Gasteiger partial charge >= 0.3 is 5.97 Å². The van der Waals surface area contributed by atoms with Crippen LogP contribution in [0.15, 0.2) is 42.6 Å². The smallest absolute Gasteiger partial charge is 0.338 e. The van der Waals surface area contributed by atoms with Crippen LogP contribution in [0, 0.1) is 0 Å². The van der Waals surface area contributed by atoms with Gasteiger partial charge in [0.2, 0.25) is 0 Å². The SMILES string of the molecule is CN(C(=O)c1ncccc1C(=O)O)c1ccc(O)cc1. The predicted octanol–water partition coefficient (Wildman–Crippen LogP) is 1.76. The van der Waals surface area contributed by atoms with E-state index in [1.807, 2.05) is 0 Å². The number of anilines is 1. The van der Waals surface area contributed by atoms with E-state index in [9.17, 15) is 14.7 Å². The Bertz CT molecular complexity index is 652. The number of pyridine rings is 1. The first kappa shape index (κ1) is 13.5. The second-order valence-corrected chi connectivity index (χ2v) is 4.09. The first-order chi connectivity index (χ1) is 9.50. The van der Waals surface area contributed by atoms with Crippen LogP contribution in [0.25, 0.3) is 0 Å². The van der Waals surface area contributed by atoms with Crippen LogP contribution >= 0.6 is 0 Å². The molecule has 0 saturated heterocycles. The minimum Gasteiger partial charge on any atom is -0.508 e. The zero-order chi connectivity index (χ0) is 14.7. The fraction of sp³-hybridized carbons (Fsp3) is 0.0714. The molecule has 0 spiro atoms. The normalized spacial score (nSPS) is 10.1. The second kappa shape index (κ2) is 5.40. The minimum absolute atomic E-state index is 0.0821.